The van der Waals surface area contributed by atoms with Crippen molar-refractivity contribution >= 4 is 24.2 Å². The van der Waals surface area contributed by atoms with Gasteiger partial charge in [-0.15, -0.1) is 0 Å². The summed E-state index contributed by atoms with van der Waals surface area (Å²) in [5.41, 5.74) is -2.97. The molecule has 0 aromatic rings. The molecule has 0 aliphatic carbocycles. The van der Waals surface area contributed by atoms with E-state index in [1.807, 2.05) is 0 Å². The molecule has 0 aromatic heterocycles. The zero-order valence-corrected chi connectivity index (χ0v) is 14.5. The third-order valence-electron chi connectivity index (χ3n) is 2.32. The lowest BCUT2D eigenvalue weighted by molar-refractivity contribution is -0.339. The van der Waals surface area contributed by atoms with Crippen LogP contribution in [-0.4, -0.2) is 80.2 Å². The summed E-state index contributed by atoms with van der Waals surface area (Å²) < 4.78 is 0. The van der Waals surface area contributed by atoms with Crippen molar-refractivity contribution in [1.82, 2.24) is 18.5 Å². The lowest BCUT2D eigenvalue weighted by Gasteiger charge is -2.29. The lowest BCUT2D eigenvalue weighted by Crippen LogP contribution is -2.54. The van der Waals surface area contributed by atoms with E-state index in [9.17, 15) is 34.5 Å². The fraction of sp³-hybridized carbons (Fsp3) is 0.636. The summed E-state index contributed by atoms with van der Waals surface area (Å²) in [7, 11) is 0. The van der Waals surface area contributed by atoms with Gasteiger partial charge in [0, 0.05) is 24.8 Å². The molecule has 15 heteroatoms. The number of aldehydes is 1. The van der Waals surface area contributed by atoms with Crippen molar-refractivity contribution in [2.45, 2.75) is 36.8 Å². The molecule has 0 unspecified atom stereocenters. The number of aliphatic hydroxyl groups excluding tert-OH is 4. The van der Waals surface area contributed by atoms with Crippen LogP contribution in [0, 0.1) is 0 Å². The fourth-order valence-corrected chi connectivity index (χ4v) is 1.10. The maximum atomic E-state index is 10.1. The van der Waals surface area contributed by atoms with Gasteiger partial charge in [-0.2, -0.15) is 0 Å². The molecule has 0 aliphatic rings. The van der Waals surface area contributed by atoms with Crippen molar-refractivity contribution in [2.24, 2.45) is 0 Å². The van der Waals surface area contributed by atoms with Gasteiger partial charge in [0.2, 0.25) is 0 Å². The Morgan fingerprint density at radius 2 is 1.27 bits per heavy atom. The Balaban J connectivity index is -0.000000104. The van der Waals surface area contributed by atoms with E-state index >= 15 is 0 Å². The SMILES string of the molecule is O=C([O-])CC(O)(CC(=O)[O-])C(=O)[O-].O=C[C@H](O)[C@@H](O)[C@H](O)CO.[NH4+].[NH4+].[NH4+]. The van der Waals surface area contributed by atoms with Gasteiger partial charge in [0.1, 0.15) is 23.9 Å². The summed E-state index contributed by atoms with van der Waals surface area (Å²) in [5.74, 6) is -5.98. The average Bonchev–Trinajstić information content (AvgIpc) is 2.43. The Bertz CT molecular complexity index is 417. The highest BCUT2D eigenvalue weighted by atomic mass is 16.4. The molecule has 0 rings (SSSR count). The third-order valence-corrected chi connectivity index (χ3v) is 2.32. The van der Waals surface area contributed by atoms with E-state index in [1.54, 1.807) is 0 Å². The van der Waals surface area contributed by atoms with Gasteiger partial charge in [-0.25, -0.2) is 0 Å². The van der Waals surface area contributed by atoms with Crippen LogP contribution in [0.3, 0.4) is 0 Å². The molecule has 17 N–H and O–H groups in total. The van der Waals surface area contributed by atoms with Gasteiger partial charge in [0.15, 0.2) is 6.29 Å². The Hall–Kier alpha value is -2.24. The van der Waals surface area contributed by atoms with E-state index in [-0.39, 0.29) is 24.7 Å². The van der Waals surface area contributed by atoms with Gasteiger partial charge < -0.3 is 78.5 Å². The van der Waals surface area contributed by atoms with Crippen LogP contribution in [0.15, 0.2) is 0 Å². The Morgan fingerprint density at radius 3 is 1.46 bits per heavy atom. The molecule has 0 aromatic carbocycles. The number of rotatable bonds is 9. The molecule has 0 spiro atoms. The number of carbonyl (C=O) groups is 4. The largest absolute Gasteiger partial charge is 0.550 e. The molecule has 3 atom stereocenters. The molecule has 0 fully saturated rings. The van der Waals surface area contributed by atoms with Crippen LogP contribution in [0.2, 0.25) is 0 Å². The minimum Gasteiger partial charge on any atom is -0.550 e. The summed E-state index contributed by atoms with van der Waals surface area (Å²) in [6, 6.07) is 0. The summed E-state index contributed by atoms with van der Waals surface area (Å²) >= 11 is 0. The maximum absolute atomic E-state index is 10.1. The van der Waals surface area contributed by atoms with Crippen molar-refractivity contribution < 1.29 is 60.0 Å². The van der Waals surface area contributed by atoms with Gasteiger partial charge in [0.05, 0.1) is 12.6 Å². The van der Waals surface area contributed by atoms with Gasteiger partial charge in [-0.3, -0.25) is 0 Å². The first-order chi connectivity index (χ1) is 10.4. The smallest absolute Gasteiger partial charge is 0.151 e. The number of aliphatic hydroxyl groups is 5. The number of hydrogen-bond donors (Lipinski definition) is 8. The molecule has 15 nitrogen and oxygen atoms in total. The predicted octanol–water partition coefficient (Wildman–Crippen LogP) is -6.86. The zero-order valence-electron chi connectivity index (χ0n) is 14.5. The van der Waals surface area contributed by atoms with Crippen molar-refractivity contribution in [3.05, 3.63) is 0 Å². The monoisotopic (exact) mass is 393 g/mol. The standard InChI is InChI=1S/C6H8O7.C5H10O5.3H3N/c7-3(8)1-6(13,5(11)12)2-4(9)10;6-1-3(8)5(10)4(9)2-7;;;/h13H,1-2H2,(H,7,8)(H,9,10)(H,11,12);1,3-5,7-10H,2H2;3*1H3/t;3-,4+,5+;;;/m.0.../s1. The normalized spacial score (nSPS) is 13.0. The fourth-order valence-electron chi connectivity index (χ4n) is 1.10. The first-order valence-corrected chi connectivity index (χ1v) is 5.85. The second-order valence-electron chi connectivity index (χ2n) is 4.28. The van der Waals surface area contributed by atoms with E-state index in [0.717, 1.165) is 0 Å². The van der Waals surface area contributed by atoms with Crippen molar-refractivity contribution in [1.29, 1.82) is 0 Å². The topological polar surface area (TPSA) is 348 Å². The van der Waals surface area contributed by atoms with E-state index in [4.69, 9.17) is 25.5 Å². The minimum atomic E-state index is -2.97. The number of hydrogen-bond acceptors (Lipinski definition) is 12. The van der Waals surface area contributed by atoms with Crippen LogP contribution in [-0.2, 0) is 19.2 Å². The summed E-state index contributed by atoms with van der Waals surface area (Å²) in [5, 5.41) is 73.0. The highest BCUT2D eigenvalue weighted by Crippen LogP contribution is 2.13. The number of quaternary nitrogens is 3. The highest BCUT2D eigenvalue weighted by molar-refractivity contribution is 5.86. The summed E-state index contributed by atoms with van der Waals surface area (Å²) in [6.07, 6.45) is -7.35. The highest BCUT2D eigenvalue weighted by Gasteiger charge is 2.29. The molecular formula is C11H27N3O12. The van der Waals surface area contributed by atoms with E-state index < -0.39 is 61.3 Å². The number of aliphatic carboxylic acids is 3. The van der Waals surface area contributed by atoms with Crippen LogP contribution in [0.25, 0.3) is 0 Å². The number of carboxylic acid groups (broad SMARTS) is 3. The van der Waals surface area contributed by atoms with Crippen LogP contribution in [0.4, 0.5) is 0 Å². The van der Waals surface area contributed by atoms with Crippen molar-refractivity contribution in [3.63, 3.8) is 0 Å². The zero-order chi connectivity index (χ0) is 18.8. The van der Waals surface area contributed by atoms with E-state index in [1.165, 1.54) is 0 Å². The molecule has 0 radical (unpaired) electrons. The second-order valence-corrected chi connectivity index (χ2v) is 4.28. The number of carboxylic acids is 3. The van der Waals surface area contributed by atoms with Crippen molar-refractivity contribution in [2.75, 3.05) is 6.61 Å². The van der Waals surface area contributed by atoms with E-state index in [0.29, 0.717) is 0 Å². The van der Waals surface area contributed by atoms with Crippen LogP contribution in [0.5, 0.6) is 0 Å². The molecule has 26 heavy (non-hydrogen) atoms. The molecule has 0 heterocycles. The molecule has 158 valence electrons. The van der Waals surface area contributed by atoms with Crippen LogP contribution >= 0.6 is 0 Å². The van der Waals surface area contributed by atoms with E-state index in [2.05, 4.69) is 0 Å². The molecule has 0 saturated carbocycles. The molecule has 0 bridgehead atoms. The molecule has 0 saturated heterocycles. The van der Waals surface area contributed by atoms with Crippen LogP contribution < -0.4 is 33.8 Å². The molecule has 0 aliphatic heterocycles. The van der Waals surface area contributed by atoms with Crippen molar-refractivity contribution in [3.8, 4) is 0 Å². The summed E-state index contributed by atoms with van der Waals surface area (Å²) in [4.78, 5) is 39.8. The van der Waals surface area contributed by atoms with Gasteiger partial charge in [-0.1, -0.05) is 0 Å². The van der Waals surface area contributed by atoms with Gasteiger partial charge in [0.25, 0.3) is 0 Å². The number of carbonyl (C=O) groups excluding carboxylic acids is 4. The molecule has 0 amide bonds. The first kappa shape index (κ1) is 35.0. The van der Waals surface area contributed by atoms with Gasteiger partial charge >= 0.3 is 0 Å². The Morgan fingerprint density at radius 1 is 0.923 bits per heavy atom. The second kappa shape index (κ2) is 16.2. The quantitative estimate of drug-likeness (QED) is 0.169. The average molecular weight is 393 g/mol. The summed E-state index contributed by atoms with van der Waals surface area (Å²) in [6.45, 7) is -0.688. The first-order valence-electron chi connectivity index (χ1n) is 5.85. The minimum absolute atomic E-state index is 0. The Labute approximate surface area is 147 Å². The third kappa shape index (κ3) is 14.1. The maximum Gasteiger partial charge on any atom is 0.151 e. The van der Waals surface area contributed by atoms with Gasteiger partial charge in [-0.05, 0) is 0 Å². The lowest BCUT2D eigenvalue weighted by atomic mass is 9.96. The predicted molar refractivity (Wildman–Crippen MR) is 78.3 cm³/mol. The molecular weight excluding hydrogens is 366 g/mol. The Kier molecular flexibility index (Phi) is 21.8. The van der Waals surface area contributed by atoms with Crippen LogP contribution in [0.1, 0.15) is 12.8 Å².